The second kappa shape index (κ2) is 16.5. The van der Waals surface area contributed by atoms with Crippen molar-refractivity contribution in [1.82, 2.24) is 0 Å². The highest BCUT2D eigenvalue weighted by molar-refractivity contribution is 5.14. The van der Waals surface area contributed by atoms with Gasteiger partial charge < -0.3 is 0 Å². The van der Waals surface area contributed by atoms with Gasteiger partial charge in [0.25, 0.3) is 0 Å². The second-order valence-corrected chi connectivity index (χ2v) is 5.86. The third kappa shape index (κ3) is 15.0. The van der Waals surface area contributed by atoms with Crippen molar-refractivity contribution in [2.45, 2.75) is 47.5 Å². The Bertz CT molecular complexity index is 560. The Hall–Kier alpha value is -2.34. The van der Waals surface area contributed by atoms with Crippen molar-refractivity contribution in [2.75, 3.05) is 0 Å². The first kappa shape index (κ1) is 22.7. The maximum Gasteiger partial charge on any atom is -0.0307 e. The predicted molar refractivity (Wildman–Crippen MR) is 114 cm³/mol. The zero-order valence-electron chi connectivity index (χ0n) is 16.6. The van der Waals surface area contributed by atoms with E-state index in [4.69, 9.17) is 0 Å². The highest BCUT2D eigenvalue weighted by atomic mass is 13.9. The number of hydrogen-bond donors (Lipinski definition) is 0. The summed E-state index contributed by atoms with van der Waals surface area (Å²) in [7, 11) is 0. The van der Waals surface area contributed by atoms with Crippen LogP contribution in [-0.2, 0) is 6.42 Å². The van der Waals surface area contributed by atoms with Gasteiger partial charge in [-0.05, 0) is 25.8 Å². The van der Waals surface area contributed by atoms with E-state index in [0.717, 1.165) is 6.42 Å². The van der Waals surface area contributed by atoms with Crippen LogP contribution in [0.2, 0.25) is 0 Å². The molecule has 0 saturated heterocycles. The molecule has 0 nitrogen and oxygen atoms in total. The van der Waals surface area contributed by atoms with Gasteiger partial charge in [0.2, 0.25) is 0 Å². The lowest BCUT2D eigenvalue weighted by Gasteiger charge is -1.89. The summed E-state index contributed by atoms with van der Waals surface area (Å²) in [4.78, 5) is 0. The second-order valence-electron chi connectivity index (χ2n) is 5.86. The molecule has 3 aromatic carbocycles. The number of benzene rings is 3. The minimum Gasteiger partial charge on any atom is -0.0656 e. The van der Waals surface area contributed by atoms with Crippen LogP contribution in [0.15, 0.2) is 91.0 Å². The number of rotatable bonds is 1. The lowest BCUT2D eigenvalue weighted by molar-refractivity contribution is 1.09. The van der Waals surface area contributed by atoms with E-state index in [9.17, 15) is 0 Å². The summed E-state index contributed by atoms with van der Waals surface area (Å²) < 4.78 is 0. The van der Waals surface area contributed by atoms with E-state index in [1.54, 1.807) is 0 Å². The first-order valence-corrected chi connectivity index (χ1v) is 9.21. The quantitative estimate of drug-likeness (QED) is 0.428. The average Bonchev–Trinajstić information content (AvgIpc) is 2.65. The molecule has 0 amide bonds. The van der Waals surface area contributed by atoms with E-state index in [1.807, 2.05) is 42.5 Å². The Morgan fingerprint density at radius 3 is 0.920 bits per heavy atom. The Kier molecular flexibility index (Phi) is 15.0. The summed E-state index contributed by atoms with van der Waals surface area (Å²) in [5.74, 6) is 0. The summed E-state index contributed by atoms with van der Waals surface area (Å²) in [6.07, 6.45) is 2.39. The largest absolute Gasteiger partial charge is 0.0656 e. The zero-order valence-corrected chi connectivity index (χ0v) is 16.6. The van der Waals surface area contributed by atoms with Crippen LogP contribution in [0.1, 0.15) is 43.9 Å². The van der Waals surface area contributed by atoms with Crippen LogP contribution >= 0.6 is 0 Å². The first-order chi connectivity index (χ1) is 12.1. The maximum absolute atomic E-state index is 2.16. The van der Waals surface area contributed by atoms with E-state index in [-0.39, 0.29) is 0 Å². The molecule has 0 saturated carbocycles. The molecule has 3 rings (SSSR count). The molecule has 0 aliphatic rings. The van der Waals surface area contributed by atoms with Gasteiger partial charge in [0.05, 0.1) is 0 Å². The van der Waals surface area contributed by atoms with Gasteiger partial charge in [0, 0.05) is 0 Å². The normalized spacial score (nSPS) is 8.52. The highest BCUT2D eigenvalue weighted by Crippen LogP contribution is 1.97. The van der Waals surface area contributed by atoms with Crippen LogP contribution < -0.4 is 0 Å². The molecule has 134 valence electrons. The summed E-state index contributed by atoms with van der Waals surface area (Å²) in [5.41, 5.74) is 4.05. The monoisotopic (exact) mass is 334 g/mol. The van der Waals surface area contributed by atoms with Crippen molar-refractivity contribution in [1.29, 1.82) is 0 Å². The third-order valence-electron chi connectivity index (χ3n) is 3.13. The van der Waals surface area contributed by atoms with Gasteiger partial charge >= 0.3 is 0 Å². The molecule has 0 N–H and O–H groups in total. The van der Waals surface area contributed by atoms with E-state index in [1.165, 1.54) is 23.1 Å². The molecule has 3 aromatic rings. The van der Waals surface area contributed by atoms with Gasteiger partial charge in [-0.15, -0.1) is 0 Å². The van der Waals surface area contributed by atoms with Crippen LogP contribution in [0.5, 0.6) is 0 Å². The van der Waals surface area contributed by atoms with Crippen LogP contribution in [0.4, 0.5) is 0 Å². The van der Waals surface area contributed by atoms with Gasteiger partial charge in [-0.1, -0.05) is 129 Å². The van der Waals surface area contributed by atoms with Crippen molar-refractivity contribution in [2.24, 2.45) is 0 Å². The molecule has 0 heteroatoms. The molecule has 0 fully saturated rings. The molecule has 0 aliphatic heterocycles. The molecule has 0 aliphatic carbocycles. The smallest absolute Gasteiger partial charge is 0.0307 e. The molecule has 0 spiro atoms. The predicted octanol–water partition coefficient (Wildman–Crippen LogP) is 7.66. The van der Waals surface area contributed by atoms with Crippen LogP contribution in [0.3, 0.4) is 0 Å². The summed E-state index contributed by atoms with van der Waals surface area (Å²) in [5, 5.41) is 0. The number of hydrogen-bond acceptors (Lipinski definition) is 0. The topological polar surface area (TPSA) is 0 Å². The fourth-order valence-corrected chi connectivity index (χ4v) is 1.78. The van der Waals surface area contributed by atoms with Crippen LogP contribution in [-0.4, -0.2) is 0 Å². The van der Waals surface area contributed by atoms with Crippen LogP contribution in [0, 0.1) is 13.8 Å². The molecule has 0 bridgehead atoms. The van der Waals surface area contributed by atoms with Crippen molar-refractivity contribution in [3.8, 4) is 0 Å². The molecule has 0 radical (unpaired) electrons. The Balaban J connectivity index is 0.000000321. The molecule has 25 heavy (non-hydrogen) atoms. The average molecular weight is 335 g/mol. The first-order valence-electron chi connectivity index (χ1n) is 9.21. The van der Waals surface area contributed by atoms with E-state index in [0.29, 0.717) is 0 Å². The van der Waals surface area contributed by atoms with Gasteiger partial charge in [0.1, 0.15) is 0 Å². The van der Waals surface area contributed by atoms with Gasteiger partial charge in [-0.2, -0.15) is 0 Å². The SMILES string of the molecule is CCC.CCc1ccccc1.Cc1ccccc1.Cc1ccccc1. The lowest BCUT2D eigenvalue weighted by atomic mass is 10.2. The van der Waals surface area contributed by atoms with Crippen molar-refractivity contribution >= 4 is 0 Å². The highest BCUT2D eigenvalue weighted by Gasteiger charge is 1.80. The number of aryl methyl sites for hydroxylation is 3. The Labute approximate surface area is 155 Å². The lowest BCUT2D eigenvalue weighted by Crippen LogP contribution is -1.73. The van der Waals surface area contributed by atoms with E-state index >= 15 is 0 Å². The van der Waals surface area contributed by atoms with E-state index in [2.05, 4.69) is 83.1 Å². The van der Waals surface area contributed by atoms with E-state index < -0.39 is 0 Å². The summed E-state index contributed by atoms with van der Waals surface area (Å²) in [6.45, 7) is 10.6. The van der Waals surface area contributed by atoms with Crippen LogP contribution in [0.25, 0.3) is 0 Å². The molecule has 0 heterocycles. The summed E-state index contributed by atoms with van der Waals surface area (Å²) >= 11 is 0. The van der Waals surface area contributed by atoms with Crippen molar-refractivity contribution in [3.05, 3.63) is 108 Å². The third-order valence-corrected chi connectivity index (χ3v) is 3.13. The minimum atomic E-state index is 1.14. The minimum absolute atomic E-state index is 1.14. The molecule has 0 atom stereocenters. The summed E-state index contributed by atoms with van der Waals surface area (Å²) in [6, 6.07) is 31.0. The maximum atomic E-state index is 2.16. The Morgan fingerprint density at radius 2 is 0.760 bits per heavy atom. The fraction of sp³-hybridized carbons (Fsp3) is 0.280. The molecule has 0 aromatic heterocycles. The van der Waals surface area contributed by atoms with Gasteiger partial charge in [-0.3, -0.25) is 0 Å². The Morgan fingerprint density at radius 1 is 0.480 bits per heavy atom. The van der Waals surface area contributed by atoms with Gasteiger partial charge in [-0.25, -0.2) is 0 Å². The van der Waals surface area contributed by atoms with Gasteiger partial charge in [0.15, 0.2) is 0 Å². The standard InChI is InChI=1S/C8H10.2C7H8.C3H8/c1-2-8-6-4-3-5-7-8;2*1-7-5-3-2-4-6-7;1-3-2/h3-7H,2H2,1H3;2*2-6H,1H3;3H2,1-2H3. The molecular formula is C25H34. The van der Waals surface area contributed by atoms with Crippen molar-refractivity contribution < 1.29 is 0 Å². The molecule has 0 unspecified atom stereocenters. The van der Waals surface area contributed by atoms with Crippen molar-refractivity contribution in [3.63, 3.8) is 0 Å². The fourth-order valence-electron chi connectivity index (χ4n) is 1.78. The molecular weight excluding hydrogens is 300 g/mol. The zero-order chi connectivity index (χ0) is 18.8.